The fourth-order valence-corrected chi connectivity index (χ4v) is 1.40. The Morgan fingerprint density at radius 1 is 1.33 bits per heavy atom. The van der Waals surface area contributed by atoms with Crippen LogP contribution in [0.25, 0.3) is 0 Å². The Balaban J connectivity index is 3.18. The molecule has 7 heteroatoms. The molecule has 0 fully saturated rings. The molecular weight excluding hydrogens is 238 g/mol. The van der Waals surface area contributed by atoms with Gasteiger partial charge in [0.25, 0.3) is 0 Å². The largest absolute Gasteiger partial charge is 0.480 e. The molecule has 0 saturated heterocycles. The van der Waals surface area contributed by atoms with Crippen molar-refractivity contribution in [2.24, 2.45) is 0 Å². The number of aromatic nitrogens is 1. The quantitative estimate of drug-likeness (QED) is 0.767. The molecule has 0 atom stereocenters. The van der Waals surface area contributed by atoms with E-state index in [9.17, 15) is 9.59 Å². The van der Waals surface area contributed by atoms with Crippen LogP contribution in [0.2, 0.25) is 0 Å². The summed E-state index contributed by atoms with van der Waals surface area (Å²) in [6.07, 6.45) is 0. The molecular formula is C11H11N3O4. The third-order valence-electron chi connectivity index (χ3n) is 2.09. The molecule has 0 amide bonds. The van der Waals surface area contributed by atoms with E-state index in [-0.39, 0.29) is 11.4 Å². The number of hydrogen-bond donors (Lipinski definition) is 2. The van der Waals surface area contributed by atoms with Gasteiger partial charge in [0.15, 0.2) is 0 Å². The molecule has 0 radical (unpaired) electrons. The van der Waals surface area contributed by atoms with Gasteiger partial charge in [-0.15, -0.1) is 0 Å². The maximum Gasteiger partial charge on any atom is 0.323 e. The molecule has 1 rings (SSSR count). The lowest BCUT2D eigenvalue weighted by molar-refractivity contribution is -0.136. The van der Waals surface area contributed by atoms with Crippen molar-refractivity contribution in [3.8, 4) is 6.07 Å². The molecule has 0 aliphatic rings. The maximum atomic E-state index is 10.7. The van der Waals surface area contributed by atoms with Crippen molar-refractivity contribution in [3.05, 3.63) is 23.4 Å². The topological polar surface area (TPSA) is 115 Å². The number of rotatable bonds is 5. The maximum absolute atomic E-state index is 10.7. The smallest absolute Gasteiger partial charge is 0.323 e. The number of carbonyl (C=O) groups is 2. The Hall–Kier alpha value is -2.62. The van der Waals surface area contributed by atoms with Gasteiger partial charge in [-0.25, -0.2) is 4.98 Å². The van der Waals surface area contributed by atoms with Crippen LogP contribution >= 0.6 is 0 Å². The second kappa shape index (κ2) is 5.63. The molecule has 18 heavy (non-hydrogen) atoms. The van der Waals surface area contributed by atoms with Gasteiger partial charge >= 0.3 is 11.9 Å². The Bertz CT molecular complexity index is 506. The Labute approximate surface area is 103 Å². The SMILES string of the molecule is Cc1ccc(C#N)c(N(CC(=O)O)CC(=O)O)n1. The highest BCUT2D eigenvalue weighted by atomic mass is 16.4. The number of nitriles is 1. The highest BCUT2D eigenvalue weighted by Gasteiger charge is 2.18. The van der Waals surface area contributed by atoms with Gasteiger partial charge in [0, 0.05) is 5.69 Å². The lowest BCUT2D eigenvalue weighted by atomic mass is 10.2. The van der Waals surface area contributed by atoms with Crippen molar-refractivity contribution in [2.45, 2.75) is 6.92 Å². The zero-order chi connectivity index (χ0) is 13.7. The van der Waals surface area contributed by atoms with Crippen LogP contribution in [-0.4, -0.2) is 40.2 Å². The molecule has 0 aliphatic carbocycles. The number of aryl methyl sites for hydroxylation is 1. The van der Waals surface area contributed by atoms with Crippen molar-refractivity contribution < 1.29 is 19.8 Å². The summed E-state index contributed by atoms with van der Waals surface area (Å²) in [4.78, 5) is 26.5. The summed E-state index contributed by atoms with van der Waals surface area (Å²) in [5.41, 5.74) is 0.716. The monoisotopic (exact) mass is 249 g/mol. The second-order valence-electron chi connectivity index (χ2n) is 3.58. The van der Waals surface area contributed by atoms with Gasteiger partial charge in [0.1, 0.15) is 25.0 Å². The minimum Gasteiger partial charge on any atom is -0.480 e. The predicted octanol–water partition coefficient (Wildman–Crippen LogP) is 0.237. The number of anilines is 1. The average Bonchev–Trinajstić information content (AvgIpc) is 2.26. The van der Waals surface area contributed by atoms with Crippen molar-refractivity contribution in [3.63, 3.8) is 0 Å². The van der Waals surface area contributed by atoms with E-state index in [0.717, 1.165) is 4.90 Å². The first-order chi connectivity index (χ1) is 8.43. The number of hydrogen-bond acceptors (Lipinski definition) is 5. The number of carboxylic acid groups (broad SMARTS) is 2. The van der Waals surface area contributed by atoms with Gasteiger partial charge in [-0.2, -0.15) is 5.26 Å². The van der Waals surface area contributed by atoms with Gasteiger partial charge in [0.2, 0.25) is 0 Å². The fourth-order valence-electron chi connectivity index (χ4n) is 1.40. The third kappa shape index (κ3) is 3.45. The predicted molar refractivity (Wildman–Crippen MR) is 61.2 cm³/mol. The number of pyridine rings is 1. The lowest BCUT2D eigenvalue weighted by Gasteiger charge is -2.20. The van der Waals surface area contributed by atoms with Crippen LogP contribution in [0, 0.1) is 18.3 Å². The first-order valence-corrected chi connectivity index (χ1v) is 5.00. The van der Waals surface area contributed by atoms with E-state index in [1.165, 1.54) is 6.07 Å². The molecule has 2 N–H and O–H groups in total. The molecule has 0 bridgehead atoms. The van der Waals surface area contributed by atoms with E-state index >= 15 is 0 Å². The summed E-state index contributed by atoms with van der Waals surface area (Å²) in [5, 5.41) is 26.4. The van der Waals surface area contributed by atoms with Gasteiger partial charge in [0.05, 0.1) is 5.56 Å². The third-order valence-corrected chi connectivity index (χ3v) is 2.09. The zero-order valence-corrected chi connectivity index (χ0v) is 9.62. The second-order valence-corrected chi connectivity index (χ2v) is 3.58. The van der Waals surface area contributed by atoms with Crippen molar-refractivity contribution in [1.29, 1.82) is 5.26 Å². The van der Waals surface area contributed by atoms with Crippen LogP contribution < -0.4 is 4.90 Å². The van der Waals surface area contributed by atoms with E-state index in [0.29, 0.717) is 5.69 Å². The zero-order valence-electron chi connectivity index (χ0n) is 9.62. The summed E-state index contributed by atoms with van der Waals surface area (Å²) >= 11 is 0. The average molecular weight is 249 g/mol. The molecule has 7 nitrogen and oxygen atoms in total. The molecule has 0 saturated carbocycles. The Morgan fingerprint density at radius 2 is 1.89 bits per heavy atom. The van der Waals surface area contributed by atoms with Crippen LogP contribution in [0.4, 0.5) is 5.82 Å². The first-order valence-electron chi connectivity index (χ1n) is 5.00. The summed E-state index contributed by atoms with van der Waals surface area (Å²) in [7, 11) is 0. The van der Waals surface area contributed by atoms with E-state index < -0.39 is 25.0 Å². The highest BCUT2D eigenvalue weighted by Crippen LogP contribution is 2.17. The molecule has 1 aromatic rings. The normalized spacial score (nSPS) is 9.56. The van der Waals surface area contributed by atoms with Crippen molar-refractivity contribution in [1.82, 2.24) is 4.98 Å². The van der Waals surface area contributed by atoms with E-state index in [2.05, 4.69) is 4.98 Å². The van der Waals surface area contributed by atoms with E-state index in [4.69, 9.17) is 15.5 Å². The fraction of sp³-hybridized carbons (Fsp3) is 0.273. The molecule has 1 aromatic heterocycles. The van der Waals surface area contributed by atoms with Gasteiger partial charge < -0.3 is 15.1 Å². The van der Waals surface area contributed by atoms with Crippen LogP contribution in [0.3, 0.4) is 0 Å². The minimum absolute atomic E-state index is 0.0716. The molecule has 1 heterocycles. The van der Waals surface area contributed by atoms with Gasteiger partial charge in [-0.05, 0) is 19.1 Å². The van der Waals surface area contributed by atoms with Crippen LogP contribution in [0.15, 0.2) is 12.1 Å². The van der Waals surface area contributed by atoms with Gasteiger partial charge in [-0.1, -0.05) is 0 Å². The molecule has 0 spiro atoms. The molecule has 0 aromatic carbocycles. The van der Waals surface area contributed by atoms with Crippen LogP contribution in [0.5, 0.6) is 0 Å². The van der Waals surface area contributed by atoms with Gasteiger partial charge in [-0.3, -0.25) is 9.59 Å². The van der Waals surface area contributed by atoms with Crippen LogP contribution in [0.1, 0.15) is 11.3 Å². The number of aliphatic carboxylic acids is 2. The van der Waals surface area contributed by atoms with E-state index in [1.807, 2.05) is 6.07 Å². The molecule has 0 unspecified atom stereocenters. The van der Waals surface area contributed by atoms with Crippen molar-refractivity contribution >= 4 is 17.8 Å². The summed E-state index contributed by atoms with van der Waals surface area (Å²) < 4.78 is 0. The number of nitrogens with zero attached hydrogens (tertiary/aromatic N) is 3. The molecule has 94 valence electrons. The first kappa shape index (κ1) is 13.4. The van der Waals surface area contributed by atoms with E-state index in [1.54, 1.807) is 13.0 Å². The summed E-state index contributed by atoms with van der Waals surface area (Å²) in [6.45, 7) is 0.610. The minimum atomic E-state index is -1.19. The summed E-state index contributed by atoms with van der Waals surface area (Å²) in [5.74, 6) is -2.31. The Kier molecular flexibility index (Phi) is 4.21. The number of carboxylic acids is 2. The Morgan fingerprint density at radius 3 is 2.33 bits per heavy atom. The van der Waals surface area contributed by atoms with Crippen LogP contribution in [-0.2, 0) is 9.59 Å². The standard InChI is InChI=1S/C11H11N3O4/c1-7-2-3-8(4-12)11(13-7)14(5-9(15)16)6-10(17)18/h2-3H,5-6H2,1H3,(H,15,16)(H,17,18). The lowest BCUT2D eigenvalue weighted by Crippen LogP contribution is -2.35. The molecule has 0 aliphatic heterocycles. The highest BCUT2D eigenvalue weighted by molar-refractivity contribution is 5.79. The van der Waals surface area contributed by atoms with Crippen molar-refractivity contribution in [2.75, 3.05) is 18.0 Å². The summed E-state index contributed by atoms with van der Waals surface area (Å²) in [6, 6.07) is 4.94.